The number of carbonyl (C=O) groups is 1. The molecular formula is C13H17FN2O. The molecule has 0 bridgehead atoms. The Morgan fingerprint density at radius 1 is 1.53 bits per heavy atom. The van der Waals surface area contributed by atoms with Crippen molar-refractivity contribution in [3.05, 3.63) is 35.1 Å². The Morgan fingerprint density at radius 3 is 2.94 bits per heavy atom. The molecular weight excluding hydrogens is 219 g/mol. The van der Waals surface area contributed by atoms with E-state index in [4.69, 9.17) is 0 Å². The van der Waals surface area contributed by atoms with Crippen LogP contribution in [0.3, 0.4) is 0 Å². The number of nitrogens with one attached hydrogen (secondary N) is 2. The fourth-order valence-corrected chi connectivity index (χ4v) is 2.10. The molecule has 2 rings (SSSR count). The first kappa shape index (κ1) is 12.0. The van der Waals surface area contributed by atoms with E-state index in [2.05, 4.69) is 10.6 Å². The molecule has 1 aromatic rings. The Kier molecular flexibility index (Phi) is 3.15. The van der Waals surface area contributed by atoms with Gasteiger partial charge in [-0.15, -0.1) is 0 Å². The molecule has 1 fully saturated rings. The van der Waals surface area contributed by atoms with Gasteiger partial charge in [-0.2, -0.15) is 0 Å². The van der Waals surface area contributed by atoms with Gasteiger partial charge in [0.1, 0.15) is 5.82 Å². The van der Waals surface area contributed by atoms with Crippen LogP contribution in [0.5, 0.6) is 0 Å². The summed E-state index contributed by atoms with van der Waals surface area (Å²) in [5, 5.41) is 6.18. The molecule has 0 aliphatic carbocycles. The lowest BCUT2D eigenvalue weighted by atomic mass is 10.00. The van der Waals surface area contributed by atoms with Crippen molar-refractivity contribution >= 4 is 5.91 Å². The Balaban J connectivity index is 2.17. The van der Waals surface area contributed by atoms with Crippen LogP contribution in [0.25, 0.3) is 0 Å². The molecule has 1 aliphatic heterocycles. The summed E-state index contributed by atoms with van der Waals surface area (Å²) in [5.74, 6) is -0.580. The summed E-state index contributed by atoms with van der Waals surface area (Å²) in [5.41, 5.74) is 0.979. The maximum absolute atomic E-state index is 13.1. The monoisotopic (exact) mass is 236 g/mol. The number of benzene rings is 1. The van der Waals surface area contributed by atoms with Crippen molar-refractivity contribution in [1.29, 1.82) is 0 Å². The molecule has 1 unspecified atom stereocenters. The zero-order chi connectivity index (χ0) is 12.5. The van der Waals surface area contributed by atoms with Crippen molar-refractivity contribution in [2.24, 2.45) is 0 Å². The highest BCUT2D eigenvalue weighted by Gasteiger charge is 2.30. The van der Waals surface area contributed by atoms with Gasteiger partial charge >= 0.3 is 0 Å². The lowest BCUT2D eigenvalue weighted by Crippen LogP contribution is -2.47. The molecule has 1 atom stereocenters. The first-order chi connectivity index (χ1) is 8.00. The van der Waals surface area contributed by atoms with Crippen LogP contribution >= 0.6 is 0 Å². The van der Waals surface area contributed by atoms with Crippen LogP contribution in [0.1, 0.15) is 29.3 Å². The van der Waals surface area contributed by atoms with Gasteiger partial charge < -0.3 is 10.6 Å². The van der Waals surface area contributed by atoms with E-state index < -0.39 is 0 Å². The summed E-state index contributed by atoms with van der Waals surface area (Å²) in [4.78, 5) is 12.1. The van der Waals surface area contributed by atoms with Crippen molar-refractivity contribution < 1.29 is 9.18 Å². The highest BCUT2D eigenvalue weighted by Crippen LogP contribution is 2.16. The van der Waals surface area contributed by atoms with Crippen LogP contribution in [0, 0.1) is 12.7 Å². The zero-order valence-corrected chi connectivity index (χ0v) is 10.1. The van der Waals surface area contributed by atoms with Crippen LogP contribution in [0.2, 0.25) is 0 Å². The Hall–Kier alpha value is -1.42. The highest BCUT2D eigenvalue weighted by atomic mass is 19.1. The minimum absolute atomic E-state index is 0.201. The second kappa shape index (κ2) is 4.45. The molecule has 0 saturated carbocycles. The van der Waals surface area contributed by atoms with E-state index in [-0.39, 0.29) is 17.3 Å². The molecule has 0 radical (unpaired) electrons. The topological polar surface area (TPSA) is 41.1 Å². The van der Waals surface area contributed by atoms with Crippen LogP contribution in [0.4, 0.5) is 4.39 Å². The molecule has 2 N–H and O–H groups in total. The van der Waals surface area contributed by atoms with Crippen molar-refractivity contribution in [3.63, 3.8) is 0 Å². The quantitative estimate of drug-likeness (QED) is 0.819. The lowest BCUT2D eigenvalue weighted by molar-refractivity contribution is 0.0912. The van der Waals surface area contributed by atoms with Gasteiger partial charge in [0.15, 0.2) is 0 Å². The first-order valence-electron chi connectivity index (χ1n) is 5.80. The average molecular weight is 236 g/mol. The van der Waals surface area contributed by atoms with Crippen molar-refractivity contribution in [2.75, 3.05) is 13.1 Å². The molecule has 1 aromatic carbocycles. The van der Waals surface area contributed by atoms with E-state index in [0.29, 0.717) is 5.56 Å². The second-order valence-electron chi connectivity index (χ2n) is 4.90. The Bertz CT molecular complexity index is 439. The van der Waals surface area contributed by atoms with E-state index in [1.54, 1.807) is 6.07 Å². The SMILES string of the molecule is Cc1ccc(F)cc1C(=O)NC1(C)CCNC1. The van der Waals surface area contributed by atoms with E-state index >= 15 is 0 Å². The van der Waals surface area contributed by atoms with Crippen molar-refractivity contribution in [2.45, 2.75) is 25.8 Å². The molecule has 1 aliphatic rings. The molecule has 1 heterocycles. The molecule has 92 valence electrons. The average Bonchev–Trinajstić information content (AvgIpc) is 2.68. The summed E-state index contributed by atoms with van der Waals surface area (Å²) < 4.78 is 13.1. The number of hydrogen-bond donors (Lipinski definition) is 2. The van der Waals surface area contributed by atoms with Crippen LogP contribution in [-0.4, -0.2) is 24.5 Å². The number of rotatable bonds is 2. The van der Waals surface area contributed by atoms with E-state index in [1.807, 2.05) is 13.8 Å². The van der Waals surface area contributed by atoms with Gasteiger partial charge in [0.2, 0.25) is 0 Å². The third kappa shape index (κ3) is 2.64. The second-order valence-corrected chi connectivity index (χ2v) is 4.90. The predicted molar refractivity (Wildman–Crippen MR) is 64.5 cm³/mol. The highest BCUT2D eigenvalue weighted by molar-refractivity contribution is 5.96. The van der Waals surface area contributed by atoms with Gasteiger partial charge in [-0.05, 0) is 44.5 Å². The number of aryl methyl sites for hydroxylation is 1. The molecule has 0 spiro atoms. The lowest BCUT2D eigenvalue weighted by Gasteiger charge is -2.24. The van der Waals surface area contributed by atoms with Crippen molar-refractivity contribution in [1.82, 2.24) is 10.6 Å². The van der Waals surface area contributed by atoms with Crippen LogP contribution in [-0.2, 0) is 0 Å². The fourth-order valence-electron chi connectivity index (χ4n) is 2.10. The fraction of sp³-hybridized carbons (Fsp3) is 0.462. The molecule has 17 heavy (non-hydrogen) atoms. The van der Waals surface area contributed by atoms with Crippen LogP contribution in [0.15, 0.2) is 18.2 Å². The molecule has 3 nitrogen and oxygen atoms in total. The number of carbonyl (C=O) groups excluding carboxylic acids is 1. The standard InChI is InChI=1S/C13H17FN2O/c1-9-3-4-10(14)7-11(9)12(17)16-13(2)5-6-15-8-13/h3-4,7,15H,5-6,8H2,1-2H3,(H,16,17). The van der Waals surface area contributed by atoms with E-state index in [1.165, 1.54) is 12.1 Å². The van der Waals surface area contributed by atoms with Crippen molar-refractivity contribution in [3.8, 4) is 0 Å². The molecule has 0 aromatic heterocycles. The summed E-state index contributed by atoms with van der Waals surface area (Å²) in [7, 11) is 0. The summed E-state index contributed by atoms with van der Waals surface area (Å²) in [6.07, 6.45) is 0.896. The van der Waals surface area contributed by atoms with Gasteiger partial charge in [-0.25, -0.2) is 4.39 Å². The third-order valence-corrected chi connectivity index (χ3v) is 3.23. The number of hydrogen-bond acceptors (Lipinski definition) is 2. The summed E-state index contributed by atoms with van der Waals surface area (Å²) in [6, 6.07) is 4.28. The molecule has 4 heteroatoms. The van der Waals surface area contributed by atoms with Gasteiger partial charge in [0.25, 0.3) is 5.91 Å². The van der Waals surface area contributed by atoms with Gasteiger partial charge in [-0.1, -0.05) is 6.07 Å². The van der Waals surface area contributed by atoms with E-state index in [9.17, 15) is 9.18 Å². The van der Waals surface area contributed by atoms with E-state index in [0.717, 1.165) is 25.1 Å². The van der Waals surface area contributed by atoms with Gasteiger partial charge in [-0.3, -0.25) is 4.79 Å². The minimum Gasteiger partial charge on any atom is -0.346 e. The Morgan fingerprint density at radius 2 is 2.29 bits per heavy atom. The largest absolute Gasteiger partial charge is 0.346 e. The van der Waals surface area contributed by atoms with Crippen LogP contribution < -0.4 is 10.6 Å². The van der Waals surface area contributed by atoms with Gasteiger partial charge in [0, 0.05) is 12.1 Å². The molecule has 1 amide bonds. The molecule has 1 saturated heterocycles. The predicted octanol–water partition coefficient (Wildman–Crippen LogP) is 1.62. The first-order valence-corrected chi connectivity index (χ1v) is 5.80. The zero-order valence-electron chi connectivity index (χ0n) is 10.1. The maximum Gasteiger partial charge on any atom is 0.252 e. The third-order valence-electron chi connectivity index (χ3n) is 3.23. The maximum atomic E-state index is 13.1. The number of halogens is 1. The number of amides is 1. The smallest absolute Gasteiger partial charge is 0.252 e. The normalized spacial score (nSPS) is 23.7. The minimum atomic E-state index is -0.379. The Labute approximate surface area is 100 Å². The summed E-state index contributed by atoms with van der Waals surface area (Å²) >= 11 is 0. The van der Waals surface area contributed by atoms with Gasteiger partial charge in [0.05, 0.1) is 5.54 Å². The summed E-state index contributed by atoms with van der Waals surface area (Å²) in [6.45, 7) is 5.47.